The fourth-order valence-electron chi connectivity index (χ4n) is 3.68. The molecule has 1 unspecified atom stereocenters. The zero-order valence-electron chi connectivity index (χ0n) is 19.7. The first-order valence-electron chi connectivity index (χ1n) is 11.2. The zero-order chi connectivity index (χ0) is 24.9. The number of benzene rings is 2. The Kier molecular flexibility index (Phi) is 7.41. The number of carbonyl (C=O) groups excluding carboxylic acids is 2. The summed E-state index contributed by atoms with van der Waals surface area (Å²) in [5.74, 6) is 0.0953. The van der Waals surface area contributed by atoms with Crippen LogP contribution in [0.3, 0.4) is 0 Å². The van der Waals surface area contributed by atoms with Crippen molar-refractivity contribution in [2.24, 2.45) is 0 Å². The number of aromatic nitrogens is 2. The maximum atomic E-state index is 12.5. The van der Waals surface area contributed by atoms with Crippen molar-refractivity contribution >= 4 is 35.2 Å². The van der Waals surface area contributed by atoms with E-state index >= 15 is 0 Å². The SMILES string of the molecule is Cc1nn(Cc2ccccc2Cl)c(C)c1/C=C/C(=O)OC(C)C(=O)Nc1ccc2c(c1)OCCO2. The zero-order valence-corrected chi connectivity index (χ0v) is 20.5. The molecule has 9 heteroatoms. The highest BCUT2D eigenvalue weighted by molar-refractivity contribution is 6.31. The molecule has 0 radical (unpaired) electrons. The summed E-state index contributed by atoms with van der Waals surface area (Å²) < 4.78 is 18.1. The molecule has 1 aliphatic rings. The Morgan fingerprint density at radius 3 is 2.69 bits per heavy atom. The third-order valence-electron chi connectivity index (χ3n) is 5.57. The highest BCUT2D eigenvalue weighted by Gasteiger charge is 2.19. The molecule has 4 rings (SSSR count). The summed E-state index contributed by atoms with van der Waals surface area (Å²) in [6, 6.07) is 12.7. The number of fused-ring (bicyclic) bond motifs is 1. The summed E-state index contributed by atoms with van der Waals surface area (Å²) >= 11 is 6.27. The van der Waals surface area contributed by atoms with E-state index < -0.39 is 18.0 Å². The van der Waals surface area contributed by atoms with E-state index in [4.69, 9.17) is 25.8 Å². The number of esters is 1. The average molecular weight is 496 g/mol. The van der Waals surface area contributed by atoms with E-state index in [9.17, 15) is 9.59 Å². The van der Waals surface area contributed by atoms with Gasteiger partial charge < -0.3 is 19.5 Å². The minimum Gasteiger partial charge on any atom is -0.486 e. The number of ether oxygens (including phenoxy) is 3. The Morgan fingerprint density at radius 2 is 1.91 bits per heavy atom. The van der Waals surface area contributed by atoms with Crippen molar-refractivity contribution < 1.29 is 23.8 Å². The van der Waals surface area contributed by atoms with Crippen LogP contribution in [0.1, 0.15) is 29.4 Å². The third-order valence-corrected chi connectivity index (χ3v) is 5.94. The molecule has 8 nitrogen and oxygen atoms in total. The lowest BCUT2D eigenvalue weighted by Crippen LogP contribution is -2.29. The van der Waals surface area contributed by atoms with Crippen molar-refractivity contribution in [2.45, 2.75) is 33.4 Å². The third kappa shape index (κ3) is 5.84. The van der Waals surface area contributed by atoms with Crippen molar-refractivity contribution in [1.82, 2.24) is 9.78 Å². The van der Waals surface area contributed by atoms with Gasteiger partial charge >= 0.3 is 5.97 Å². The quantitative estimate of drug-likeness (QED) is 0.382. The molecule has 2 heterocycles. The molecule has 2 aromatic carbocycles. The summed E-state index contributed by atoms with van der Waals surface area (Å²) in [6.45, 7) is 6.75. The van der Waals surface area contributed by atoms with E-state index in [2.05, 4.69) is 10.4 Å². The van der Waals surface area contributed by atoms with Crippen molar-refractivity contribution in [3.05, 3.63) is 76.1 Å². The Bertz CT molecular complexity index is 1280. The highest BCUT2D eigenvalue weighted by Crippen LogP contribution is 2.32. The molecule has 1 aromatic heterocycles. The highest BCUT2D eigenvalue weighted by atomic mass is 35.5. The van der Waals surface area contributed by atoms with E-state index in [1.807, 2.05) is 42.8 Å². The molecular formula is C26H26ClN3O5. The molecule has 35 heavy (non-hydrogen) atoms. The molecule has 1 amide bonds. The van der Waals surface area contributed by atoms with E-state index in [0.717, 1.165) is 22.5 Å². The molecule has 1 aliphatic heterocycles. The predicted octanol–water partition coefficient (Wildman–Crippen LogP) is 4.56. The molecule has 0 bridgehead atoms. The lowest BCUT2D eigenvalue weighted by molar-refractivity contribution is -0.148. The fourth-order valence-corrected chi connectivity index (χ4v) is 3.87. The van der Waals surface area contributed by atoms with Crippen LogP contribution in [0.2, 0.25) is 5.02 Å². The maximum absolute atomic E-state index is 12.5. The monoisotopic (exact) mass is 495 g/mol. The van der Waals surface area contributed by atoms with Gasteiger partial charge in [0, 0.05) is 34.1 Å². The van der Waals surface area contributed by atoms with Gasteiger partial charge in [0.15, 0.2) is 17.6 Å². The van der Waals surface area contributed by atoms with Crippen molar-refractivity contribution in [1.29, 1.82) is 0 Å². The van der Waals surface area contributed by atoms with E-state index in [1.165, 1.54) is 13.0 Å². The molecule has 1 N–H and O–H groups in total. The summed E-state index contributed by atoms with van der Waals surface area (Å²) in [5.41, 5.74) is 3.93. The number of aryl methyl sites for hydroxylation is 1. The minimum absolute atomic E-state index is 0.447. The molecule has 0 spiro atoms. The largest absolute Gasteiger partial charge is 0.486 e. The molecule has 182 valence electrons. The second-order valence-corrected chi connectivity index (χ2v) is 8.50. The number of rotatable bonds is 7. The van der Waals surface area contributed by atoms with Crippen molar-refractivity contribution in [3.8, 4) is 11.5 Å². The number of anilines is 1. The summed E-state index contributed by atoms with van der Waals surface area (Å²) in [5, 5.41) is 7.95. The second kappa shape index (κ2) is 10.7. The Hall–Kier alpha value is -3.78. The number of carbonyl (C=O) groups is 2. The maximum Gasteiger partial charge on any atom is 0.331 e. The Morgan fingerprint density at radius 1 is 1.17 bits per heavy atom. The van der Waals surface area contributed by atoms with Gasteiger partial charge in [-0.1, -0.05) is 29.8 Å². The lowest BCUT2D eigenvalue weighted by Gasteiger charge is -2.19. The van der Waals surface area contributed by atoms with Gasteiger partial charge in [-0.15, -0.1) is 0 Å². The van der Waals surface area contributed by atoms with Gasteiger partial charge in [0.25, 0.3) is 5.91 Å². The molecule has 1 atom stereocenters. The van der Waals surface area contributed by atoms with Gasteiger partial charge in [-0.05, 0) is 50.6 Å². The average Bonchev–Trinajstić information content (AvgIpc) is 3.11. The number of amides is 1. The minimum atomic E-state index is -0.995. The first kappa shape index (κ1) is 24.3. The van der Waals surface area contributed by atoms with Crippen LogP contribution in [0.5, 0.6) is 11.5 Å². The first-order chi connectivity index (χ1) is 16.8. The number of nitrogens with zero attached hydrogens (tertiary/aromatic N) is 2. The van der Waals surface area contributed by atoms with Gasteiger partial charge in [0.1, 0.15) is 13.2 Å². The van der Waals surface area contributed by atoms with Crippen LogP contribution < -0.4 is 14.8 Å². The topological polar surface area (TPSA) is 91.7 Å². The van der Waals surface area contributed by atoms with Crippen LogP contribution >= 0.6 is 11.6 Å². The summed E-state index contributed by atoms with van der Waals surface area (Å²) in [7, 11) is 0. The van der Waals surface area contributed by atoms with E-state index in [-0.39, 0.29) is 0 Å². The fraction of sp³-hybridized carbons (Fsp3) is 0.269. The van der Waals surface area contributed by atoms with Crippen LogP contribution in [-0.4, -0.2) is 41.0 Å². The number of halogens is 1. The molecule has 0 fully saturated rings. The Balaban J connectivity index is 1.36. The predicted molar refractivity (Wildman–Crippen MR) is 133 cm³/mol. The normalized spacial score (nSPS) is 13.5. The molecule has 0 saturated carbocycles. The summed E-state index contributed by atoms with van der Waals surface area (Å²) in [6.07, 6.45) is 1.95. The number of hydrogen-bond acceptors (Lipinski definition) is 6. The van der Waals surface area contributed by atoms with Gasteiger partial charge in [-0.25, -0.2) is 4.79 Å². The van der Waals surface area contributed by atoms with Crippen LogP contribution in [-0.2, 0) is 20.9 Å². The van der Waals surface area contributed by atoms with Crippen LogP contribution in [0.15, 0.2) is 48.5 Å². The van der Waals surface area contributed by atoms with Gasteiger partial charge in [-0.3, -0.25) is 9.48 Å². The summed E-state index contributed by atoms with van der Waals surface area (Å²) in [4.78, 5) is 24.9. The van der Waals surface area contributed by atoms with Crippen molar-refractivity contribution in [3.63, 3.8) is 0 Å². The van der Waals surface area contributed by atoms with Crippen molar-refractivity contribution in [2.75, 3.05) is 18.5 Å². The molecule has 0 aliphatic carbocycles. The number of hydrogen-bond donors (Lipinski definition) is 1. The lowest BCUT2D eigenvalue weighted by atomic mass is 10.1. The van der Waals surface area contributed by atoms with Gasteiger partial charge in [0.2, 0.25) is 0 Å². The molecule has 0 saturated heterocycles. The van der Waals surface area contributed by atoms with E-state index in [1.54, 1.807) is 24.3 Å². The van der Waals surface area contributed by atoms with Gasteiger partial charge in [-0.2, -0.15) is 5.10 Å². The second-order valence-electron chi connectivity index (χ2n) is 8.09. The molecule has 3 aromatic rings. The van der Waals surface area contributed by atoms with Gasteiger partial charge in [0.05, 0.1) is 12.2 Å². The number of nitrogens with one attached hydrogen (secondary N) is 1. The smallest absolute Gasteiger partial charge is 0.331 e. The van der Waals surface area contributed by atoms with Crippen LogP contribution in [0.25, 0.3) is 6.08 Å². The first-order valence-corrected chi connectivity index (χ1v) is 11.6. The molecular weight excluding hydrogens is 470 g/mol. The van der Waals surface area contributed by atoms with Crippen LogP contribution in [0, 0.1) is 13.8 Å². The van der Waals surface area contributed by atoms with E-state index in [0.29, 0.717) is 42.0 Å². The Labute approximate surface area is 208 Å². The standard InChI is InChI=1S/C26H26ClN3O5/c1-16-21(17(2)30(29-16)15-19-6-4-5-7-22(19)27)9-11-25(31)35-18(3)26(32)28-20-8-10-23-24(14-20)34-13-12-33-23/h4-11,14,18H,12-13,15H2,1-3H3,(H,28,32)/b11-9+. The van der Waals surface area contributed by atoms with Crippen LogP contribution in [0.4, 0.5) is 5.69 Å².